The molecule has 1 aromatic carbocycles. The van der Waals surface area contributed by atoms with Crippen molar-refractivity contribution in [3.63, 3.8) is 0 Å². The van der Waals surface area contributed by atoms with E-state index in [0.717, 1.165) is 24.3 Å². The fraction of sp³-hybridized carbons (Fsp3) is 0.588. The number of rotatable bonds is 9. The van der Waals surface area contributed by atoms with Crippen LogP contribution in [-0.2, 0) is 11.2 Å². The van der Waals surface area contributed by atoms with Crippen molar-refractivity contribution in [3.8, 4) is 11.5 Å². The smallest absolute Gasteiger partial charge is 0.161 e. The Labute approximate surface area is 122 Å². The quantitative estimate of drug-likeness (QED) is 0.684. The molecular weight excluding hydrogens is 252 g/mol. The molecule has 0 saturated carbocycles. The number of Topliss-reactive ketones (excluding diaryl/α,β-unsaturated/α-hetero) is 1. The topological polar surface area (TPSA) is 35.5 Å². The van der Waals surface area contributed by atoms with Gasteiger partial charge in [0.1, 0.15) is 5.78 Å². The summed E-state index contributed by atoms with van der Waals surface area (Å²) in [7, 11) is 1.65. The van der Waals surface area contributed by atoms with Crippen molar-refractivity contribution in [2.75, 3.05) is 13.7 Å². The van der Waals surface area contributed by atoms with Gasteiger partial charge in [-0.15, -0.1) is 0 Å². The lowest BCUT2D eigenvalue weighted by Gasteiger charge is -2.14. The van der Waals surface area contributed by atoms with Crippen LogP contribution in [0.2, 0.25) is 0 Å². The van der Waals surface area contributed by atoms with Gasteiger partial charge in [-0.05, 0) is 43.4 Å². The van der Waals surface area contributed by atoms with Crippen LogP contribution >= 0.6 is 0 Å². The largest absolute Gasteiger partial charge is 0.493 e. The second-order valence-electron chi connectivity index (χ2n) is 5.22. The lowest BCUT2D eigenvalue weighted by Crippen LogP contribution is -2.08. The van der Waals surface area contributed by atoms with Crippen molar-refractivity contribution in [3.05, 3.63) is 23.8 Å². The van der Waals surface area contributed by atoms with E-state index in [2.05, 4.69) is 6.92 Å². The lowest BCUT2D eigenvalue weighted by atomic mass is 9.94. The van der Waals surface area contributed by atoms with E-state index in [4.69, 9.17) is 9.47 Å². The molecule has 0 N–H and O–H groups in total. The number of carbonyl (C=O) groups excluding carboxylic acids is 1. The minimum atomic E-state index is 0.358. The Hall–Kier alpha value is -1.51. The molecule has 1 atom stereocenters. The first kappa shape index (κ1) is 16.5. The Kier molecular flexibility index (Phi) is 7.13. The summed E-state index contributed by atoms with van der Waals surface area (Å²) in [6.45, 7) is 6.74. The molecule has 3 nitrogen and oxygen atoms in total. The first-order chi connectivity index (χ1) is 9.60. The minimum Gasteiger partial charge on any atom is -0.493 e. The van der Waals surface area contributed by atoms with Crippen molar-refractivity contribution in [2.24, 2.45) is 5.92 Å². The van der Waals surface area contributed by atoms with Crippen LogP contribution in [0.3, 0.4) is 0 Å². The van der Waals surface area contributed by atoms with Gasteiger partial charge in [-0.3, -0.25) is 4.79 Å². The molecule has 0 aliphatic carbocycles. The third-order valence-electron chi connectivity index (χ3n) is 3.22. The zero-order chi connectivity index (χ0) is 15.0. The van der Waals surface area contributed by atoms with E-state index in [-0.39, 0.29) is 0 Å². The van der Waals surface area contributed by atoms with E-state index >= 15 is 0 Å². The van der Waals surface area contributed by atoms with Crippen LogP contribution < -0.4 is 9.47 Å². The van der Waals surface area contributed by atoms with Gasteiger partial charge in [-0.1, -0.05) is 19.9 Å². The summed E-state index contributed by atoms with van der Waals surface area (Å²) >= 11 is 0. The van der Waals surface area contributed by atoms with Crippen molar-refractivity contribution in [2.45, 2.75) is 46.5 Å². The lowest BCUT2D eigenvalue weighted by molar-refractivity contribution is -0.119. The van der Waals surface area contributed by atoms with Crippen LogP contribution in [0.5, 0.6) is 11.5 Å². The van der Waals surface area contributed by atoms with Crippen molar-refractivity contribution in [1.29, 1.82) is 0 Å². The predicted octanol–water partition coefficient (Wildman–Crippen LogP) is 4.03. The molecule has 0 amide bonds. The average Bonchev–Trinajstić information content (AvgIpc) is 2.40. The number of carbonyl (C=O) groups is 1. The summed E-state index contributed by atoms with van der Waals surface area (Å²) in [4.78, 5) is 11.7. The Balaban J connectivity index is 2.65. The molecule has 112 valence electrons. The van der Waals surface area contributed by atoms with E-state index in [0.29, 0.717) is 31.1 Å². The molecule has 1 unspecified atom stereocenters. The molecule has 0 heterocycles. The number of ether oxygens (including phenoxy) is 2. The maximum Gasteiger partial charge on any atom is 0.161 e. The number of hydrogen-bond acceptors (Lipinski definition) is 3. The number of benzene rings is 1. The summed E-state index contributed by atoms with van der Waals surface area (Å²) in [5, 5.41) is 0. The van der Waals surface area contributed by atoms with Gasteiger partial charge in [-0.25, -0.2) is 0 Å². The van der Waals surface area contributed by atoms with Crippen LogP contribution in [0.25, 0.3) is 0 Å². The summed E-state index contributed by atoms with van der Waals surface area (Å²) in [6.07, 6.45) is 3.17. The highest BCUT2D eigenvalue weighted by atomic mass is 16.5. The van der Waals surface area contributed by atoms with Crippen LogP contribution in [0.15, 0.2) is 18.2 Å². The van der Waals surface area contributed by atoms with E-state index < -0.39 is 0 Å². The molecule has 0 spiro atoms. The van der Waals surface area contributed by atoms with Gasteiger partial charge in [0.15, 0.2) is 11.5 Å². The molecular formula is C17H26O3. The molecule has 0 bridgehead atoms. The van der Waals surface area contributed by atoms with E-state index in [1.54, 1.807) is 7.11 Å². The number of ketones is 1. The van der Waals surface area contributed by atoms with Crippen LogP contribution in [0.1, 0.15) is 45.6 Å². The summed E-state index contributed by atoms with van der Waals surface area (Å²) in [5.41, 5.74) is 1.18. The van der Waals surface area contributed by atoms with Crippen molar-refractivity contribution < 1.29 is 14.3 Å². The molecule has 1 aromatic rings. The van der Waals surface area contributed by atoms with Crippen LogP contribution in [-0.4, -0.2) is 19.5 Å². The summed E-state index contributed by atoms with van der Waals surface area (Å²) in [6, 6.07) is 6.00. The highest BCUT2D eigenvalue weighted by molar-refractivity contribution is 5.78. The monoisotopic (exact) mass is 278 g/mol. The highest BCUT2D eigenvalue weighted by Gasteiger charge is 2.11. The Morgan fingerprint density at radius 3 is 2.60 bits per heavy atom. The van der Waals surface area contributed by atoms with E-state index in [9.17, 15) is 4.79 Å². The molecule has 1 rings (SSSR count). The second kappa shape index (κ2) is 8.62. The van der Waals surface area contributed by atoms with E-state index in [1.807, 2.05) is 32.0 Å². The van der Waals surface area contributed by atoms with Crippen molar-refractivity contribution in [1.82, 2.24) is 0 Å². The molecule has 0 radical (unpaired) electrons. The molecule has 20 heavy (non-hydrogen) atoms. The maximum absolute atomic E-state index is 11.7. The zero-order valence-corrected chi connectivity index (χ0v) is 13.1. The zero-order valence-electron chi connectivity index (χ0n) is 13.1. The highest BCUT2D eigenvalue weighted by Crippen LogP contribution is 2.29. The third kappa shape index (κ3) is 5.24. The average molecular weight is 278 g/mol. The van der Waals surface area contributed by atoms with Gasteiger partial charge in [0.2, 0.25) is 0 Å². The number of hydrogen-bond donors (Lipinski definition) is 0. The van der Waals surface area contributed by atoms with Gasteiger partial charge >= 0.3 is 0 Å². The molecule has 0 aromatic heterocycles. The molecule has 0 aliphatic rings. The molecule has 3 heteroatoms. The normalized spacial score (nSPS) is 12.0. The van der Waals surface area contributed by atoms with E-state index in [1.165, 1.54) is 5.56 Å². The first-order valence-corrected chi connectivity index (χ1v) is 7.42. The second-order valence-corrected chi connectivity index (χ2v) is 5.22. The summed E-state index contributed by atoms with van der Waals surface area (Å²) < 4.78 is 10.9. The Bertz CT molecular complexity index is 426. The summed E-state index contributed by atoms with van der Waals surface area (Å²) in [5.74, 6) is 2.25. The SMILES string of the molecule is CCCC(=O)CC(C)Cc1ccc(OCC)c(OC)c1. The Morgan fingerprint density at radius 1 is 1.25 bits per heavy atom. The van der Waals surface area contributed by atoms with Gasteiger partial charge in [0.25, 0.3) is 0 Å². The maximum atomic E-state index is 11.7. The minimum absolute atomic E-state index is 0.358. The van der Waals surface area contributed by atoms with Crippen LogP contribution in [0.4, 0.5) is 0 Å². The van der Waals surface area contributed by atoms with Gasteiger partial charge < -0.3 is 9.47 Å². The Morgan fingerprint density at radius 2 is 2.00 bits per heavy atom. The fourth-order valence-corrected chi connectivity index (χ4v) is 2.36. The molecule has 0 saturated heterocycles. The van der Waals surface area contributed by atoms with Crippen LogP contribution in [0, 0.1) is 5.92 Å². The van der Waals surface area contributed by atoms with Gasteiger partial charge in [0.05, 0.1) is 13.7 Å². The third-order valence-corrected chi connectivity index (χ3v) is 3.22. The van der Waals surface area contributed by atoms with Crippen molar-refractivity contribution >= 4 is 5.78 Å². The number of methoxy groups -OCH3 is 1. The molecule has 0 aliphatic heterocycles. The standard InChI is InChI=1S/C17H26O3/c1-5-7-15(18)11-13(3)10-14-8-9-16(20-6-2)17(12-14)19-4/h8-9,12-13H,5-7,10-11H2,1-4H3. The fourth-order valence-electron chi connectivity index (χ4n) is 2.36. The van der Waals surface area contributed by atoms with Gasteiger partial charge in [-0.2, -0.15) is 0 Å². The first-order valence-electron chi connectivity index (χ1n) is 7.42. The molecule has 0 fully saturated rings. The van der Waals surface area contributed by atoms with Gasteiger partial charge in [0, 0.05) is 12.8 Å². The predicted molar refractivity (Wildman–Crippen MR) is 81.6 cm³/mol.